The van der Waals surface area contributed by atoms with E-state index in [-0.39, 0.29) is 18.8 Å². The first-order chi connectivity index (χ1) is 7.58. The van der Waals surface area contributed by atoms with Crippen LogP contribution in [0.5, 0.6) is 0 Å². The molecule has 0 saturated carbocycles. The lowest BCUT2D eigenvalue weighted by atomic mass is 10.2. The zero-order chi connectivity index (χ0) is 12.1. The summed E-state index contributed by atoms with van der Waals surface area (Å²) in [6.45, 7) is 1.09. The largest absolute Gasteiger partial charge is 0.394 e. The number of nitrogens with zero attached hydrogens (tertiary/aromatic N) is 1. The Morgan fingerprint density at radius 3 is 2.69 bits per heavy atom. The summed E-state index contributed by atoms with van der Waals surface area (Å²) in [6, 6.07) is 0.883. The SMILES string of the molecule is Cc1cc(Cl)c(C(=O)NC(CO)CO)cn1. The number of rotatable bonds is 4. The minimum atomic E-state index is -0.690. The maximum absolute atomic E-state index is 11.6. The zero-order valence-electron chi connectivity index (χ0n) is 8.77. The molecule has 0 atom stereocenters. The van der Waals surface area contributed by atoms with Crippen LogP contribution in [0.1, 0.15) is 16.1 Å². The number of amides is 1. The van der Waals surface area contributed by atoms with E-state index in [4.69, 9.17) is 21.8 Å². The average molecular weight is 245 g/mol. The van der Waals surface area contributed by atoms with Gasteiger partial charge in [0.25, 0.3) is 5.91 Å². The second-order valence-corrected chi connectivity index (χ2v) is 3.75. The molecule has 0 spiro atoms. The van der Waals surface area contributed by atoms with Crippen LogP contribution in [0.3, 0.4) is 0 Å². The molecule has 3 N–H and O–H groups in total. The fraction of sp³-hybridized carbons (Fsp3) is 0.400. The molecule has 0 bridgehead atoms. The summed E-state index contributed by atoms with van der Waals surface area (Å²) in [5, 5.41) is 20.3. The summed E-state index contributed by atoms with van der Waals surface area (Å²) in [7, 11) is 0. The highest BCUT2D eigenvalue weighted by atomic mass is 35.5. The van der Waals surface area contributed by atoms with Gasteiger partial charge in [0.1, 0.15) is 0 Å². The molecule has 0 radical (unpaired) electrons. The molecule has 5 nitrogen and oxygen atoms in total. The van der Waals surface area contributed by atoms with E-state index in [9.17, 15) is 4.79 Å². The number of nitrogens with one attached hydrogen (secondary N) is 1. The van der Waals surface area contributed by atoms with Gasteiger partial charge >= 0.3 is 0 Å². The Labute approximate surface area is 98.1 Å². The number of aliphatic hydroxyl groups is 2. The van der Waals surface area contributed by atoms with Crippen molar-refractivity contribution in [2.45, 2.75) is 13.0 Å². The third-order valence-corrected chi connectivity index (χ3v) is 2.32. The Kier molecular flexibility index (Phi) is 4.67. The molecular weight excluding hydrogens is 232 g/mol. The summed E-state index contributed by atoms with van der Waals surface area (Å²) >= 11 is 5.87. The van der Waals surface area contributed by atoms with Crippen LogP contribution in [-0.2, 0) is 0 Å². The second-order valence-electron chi connectivity index (χ2n) is 3.34. The van der Waals surface area contributed by atoms with Crippen LogP contribution in [0, 0.1) is 6.92 Å². The third kappa shape index (κ3) is 3.16. The van der Waals surface area contributed by atoms with Gasteiger partial charge in [-0.25, -0.2) is 0 Å². The lowest BCUT2D eigenvalue weighted by Crippen LogP contribution is -2.40. The molecule has 0 aliphatic rings. The van der Waals surface area contributed by atoms with Crippen molar-refractivity contribution in [1.82, 2.24) is 10.3 Å². The minimum Gasteiger partial charge on any atom is -0.394 e. The molecule has 0 fully saturated rings. The minimum absolute atomic E-state index is 0.221. The van der Waals surface area contributed by atoms with Crippen molar-refractivity contribution < 1.29 is 15.0 Å². The van der Waals surface area contributed by atoms with Crippen molar-refractivity contribution >= 4 is 17.5 Å². The monoisotopic (exact) mass is 244 g/mol. The van der Waals surface area contributed by atoms with E-state index in [0.717, 1.165) is 0 Å². The van der Waals surface area contributed by atoms with Crippen molar-refractivity contribution in [3.63, 3.8) is 0 Å². The summed E-state index contributed by atoms with van der Waals surface area (Å²) in [4.78, 5) is 15.6. The first-order valence-electron chi connectivity index (χ1n) is 4.73. The number of hydrogen-bond donors (Lipinski definition) is 3. The maximum Gasteiger partial charge on any atom is 0.254 e. The summed E-state index contributed by atoms with van der Waals surface area (Å²) in [6.07, 6.45) is 1.36. The second kappa shape index (κ2) is 5.79. The molecule has 1 rings (SSSR count). The fourth-order valence-corrected chi connectivity index (χ4v) is 1.40. The molecule has 0 aliphatic heterocycles. The predicted molar refractivity (Wildman–Crippen MR) is 59.4 cm³/mol. The quantitative estimate of drug-likeness (QED) is 0.703. The van der Waals surface area contributed by atoms with E-state index < -0.39 is 11.9 Å². The van der Waals surface area contributed by atoms with Crippen molar-refractivity contribution in [2.75, 3.05) is 13.2 Å². The summed E-state index contributed by atoms with van der Waals surface area (Å²) in [5.41, 5.74) is 0.932. The van der Waals surface area contributed by atoms with Crippen LogP contribution in [0.15, 0.2) is 12.3 Å². The van der Waals surface area contributed by atoms with Crippen LogP contribution in [-0.4, -0.2) is 40.4 Å². The Morgan fingerprint density at radius 2 is 2.19 bits per heavy atom. The molecule has 0 saturated heterocycles. The number of hydrogen-bond acceptors (Lipinski definition) is 4. The molecule has 0 aromatic carbocycles. The lowest BCUT2D eigenvalue weighted by molar-refractivity contribution is 0.0879. The summed E-state index contributed by atoms with van der Waals surface area (Å²) in [5.74, 6) is -0.467. The van der Waals surface area contributed by atoms with Gasteiger partial charge in [-0.1, -0.05) is 11.6 Å². The van der Waals surface area contributed by atoms with E-state index in [1.54, 1.807) is 13.0 Å². The topological polar surface area (TPSA) is 82.5 Å². The van der Waals surface area contributed by atoms with Gasteiger partial charge in [0.2, 0.25) is 0 Å². The molecule has 1 amide bonds. The van der Waals surface area contributed by atoms with Crippen LogP contribution >= 0.6 is 11.6 Å². The molecule has 16 heavy (non-hydrogen) atoms. The molecule has 6 heteroatoms. The Morgan fingerprint density at radius 1 is 1.56 bits per heavy atom. The molecular formula is C10H13ClN2O3. The van der Waals surface area contributed by atoms with E-state index in [1.807, 2.05) is 0 Å². The maximum atomic E-state index is 11.6. The van der Waals surface area contributed by atoms with E-state index >= 15 is 0 Å². The fourth-order valence-electron chi connectivity index (χ4n) is 1.11. The number of aryl methyl sites for hydroxylation is 1. The van der Waals surface area contributed by atoms with E-state index in [0.29, 0.717) is 10.7 Å². The van der Waals surface area contributed by atoms with Gasteiger partial charge in [0.15, 0.2) is 0 Å². The number of halogens is 1. The van der Waals surface area contributed by atoms with E-state index in [2.05, 4.69) is 10.3 Å². The number of carbonyl (C=O) groups excluding carboxylic acids is 1. The third-order valence-electron chi connectivity index (χ3n) is 2.01. The van der Waals surface area contributed by atoms with Gasteiger partial charge in [-0.15, -0.1) is 0 Å². The zero-order valence-corrected chi connectivity index (χ0v) is 9.53. The highest BCUT2D eigenvalue weighted by molar-refractivity contribution is 6.33. The standard InChI is InChI=1S/C10H13ClN2O3/c1-6-2-9(11)8(3-12-6)10(16)13-7(4-14)5-15/h2-3,7,14-15H,4-5H2,1H3,(H,13,16). The predicted octanol–water partition coefficient (Wildman–Crippen LogP) is 0.126. The molecule has 0 aliphatic carbocycles. The van der Waals surface area contributed by atoms with Crippen molar-refractivity contribution in [3.8, 4) is 0 Å². The van der Waals surface area contributed by atoms with Gasteiger partial charge in [-0.05, 0) is 13.0 Å². The normalized spacial score (nSPS) is 10.6. The van der Waals surface area contributed by atoms with Crippen molar-refractivity contribution in [3.05, 3.63) is 28.5 Å². The highest BCUT2D eigenvalue weighted by Crippen LogP contribution is 2.15. The molecule has 1 aromatic rings. The molecule has 1 aromatic heterocycles. The molecule has 88 valence electrons. The number of pyridine rings is 1. The van der Waals surface area contributed by atoms with Crippen LogP contribution in [0.2, 0.25) is 5.02 Å². The molecule has 0 unspecified atom stereocenters. The number of aromatic nitrogens is 1. The number of carbonyl (C=O) groups is 1. The summed E-state index contributed by atoms with van der Waals surface area (Å²) < 4.78 is 0. The van der Waals surface area contributed by atoms with Gasteiger partial charge in [0.05, 0.1) is 29.8 Å². The van der Waals surface area contributed by atoms with E-state index in [1.165, 1.54) is 6.20 Å². The van der Waals surface area contributed by atoms with Gasteiger partial charge in [-0.2, -0.15) is 0 Å². The van der Waals surface area contributed by atoms with Crippen molar-refractivity contribution in [1.29, 1.82) is 0 Å². The van der Waals surface area contributed by atoms with Crippen molar-refractivity contribution in [2.24, 2.45) is 0 Å². The Balaban J connectivity index is 2.80. The highest BCUT2D eigenvalue weighted by Gasteiger charge is 2.15. The smallest absolute Gasteiger partial charge is 0.254 e. The van der Waals surface area contributed by atoms with Gasteiger partial charge in [0, 0.05) is 11.9 Å². The van der Waals surface area contributed by atoms with Gasteiger partial charge in [-0.3, -0.25) is 9.78 Å². The Hall–Kier alpha value is -1.17. The van der Waals surface area contributed by atoms with Gasteiger partial charge < -0.3 is 15.5 Å². The van der Waals surface area contributed by atoms with Crippen LogP contribution < -0.4 is 5.32 Å². The lowest BCUT2D eigenvalue weighted by Gasteiger charge is -2.13. The average Bonchev–Trinajstić information content (AvgIpc) is 2.25. The number of aliphatic hydroxyl groups excluding tert-OH is 2. The van der Waals surface area contributed by atoms with Crippen LogP contribution in [0.4, 0.5) is 0 Å². The molecule has 1 heterocycles. The first-order valence-corrected chi connectivity index (χ1v) is 5.11. The Bertz CT molecular complexity index is 380. The first kappa shape index (κ1) is 12.9. The van der Waals surface area contributed by atoms with Crippen LogP contribution in [0.25, 0.3) is 0 Å².